The molecule has 0 aliphatic heterocycles. The zero-order chi connectivity index (χ0) is 5.28. The predicted octanol–water partition coefficient (Wildman–Crippen LogP) is 1.34. The SMILES string of the molecule is N=c1ssnc1Cl. The summed E-state index contributed by atoms with van der Waals surface area (Å²) in [5.41, 5.74) is 0. The molecule has 0 spiro atoms. The van der Waals surface area contributed by atoms with Gasteiger partial charge in [0.1, 0.15) is 0 Å². The lowest BCUT2D eigenvalue weighted by molar-refractivity contribution is 1.32. The first-order valence-corrected chi connectivity index (χ1v) is 3.95. The van der Waals surface area contributed by atoms with Gasteiger partial charge in [0.15, 0.2) is 9.82 Å². The van der Waals surface area contributed by atoms with Gasteiger partial charge in [0.2, 0.25) is 0 Å². The second-order valence-corrected chi connectivity index (χ2v) is 3.08. The summed E-state index contributed by atoms with van der Waals surface area (Å²) in [5, 5.41) is 7.25. The molecule has 0 bridgehead atoms. The lowest BCUT2D eigenvalue weighted by Crippen LogP contribution is -1.86. The van der Waals surface area contributed by atoms with Crippen LogP contribution >= 0.6 is 32.5 Å². The van der Waals surface area contributed by atoms with E-state index in [4.69, 9.17) is 17.0 Å². The van der Waals surface area contributed by atoms with Crippen molar-refractivity contribution in [2.75, 3.05) is 0 Å². The summed E-state index contributed by atoms with van der Waals surface area (Å²) in [7, 11) is 2.51. The molecular formula is C2HClN2S2. The number of hydrogen-bond acceptors (Lipinski definition) is 4. The minimum Gasteiger partial charge on any atom is -0.287 e. The molecule has 0 aliphatic carbocycles. The van der Waals surface area contributed by atoms with Crippen LogP contribution in [0.3, 0.4) is 0 Å². The fraction of sp³-hybridized carbons (Fsp3) is 0. The molecule has 5 heteroatoms. The Morgan fingerprint density at radius 2 is 2.43 bits per heavy atom. The summed E-state index contributed by atoms with van der Waals surface area (Å²) in [6.45, 7) is 0. The molecule has 1 rings (SSSR count). The van der Waals surface area contributed by atoms with Crippen LogP contribution in [0.2, 0.25) is 5.15 Å². The summed E-state index contributed by atoms with van der Waals surface area (Å²) < 4.78 is 4.01. The van der Waals surface area contributed by atoms with Gasteiger partial charge in [0, 0.05) is 10.5 Å². The van der Waals surface area contributed by atoms with Crippen molar-refractivity contribution in [2.45, 2.75) is 0 Å². The molecule has 0 unspecified atom stereocenters. The molecule has 0 aliphatic rings. The van der Waals surface area contributed by atoms with Gasteiger partial charge in [0.05, 0.1) is 0 Å². The van der Waals surface area contributed by atoms with E-state index in [0.717, 1.165) is 0 Å². The number of nitrogens with zero attached hydrogens (tertiary/aromatic N) is 1. The van der Waals surface area contributed by atoms with Crippen LogP contribution in [0.5, 0.6) is 0 Å². The first kappa shape index (κ1) is 5.21. The van der Waals surface area contributed by atoms with Gasteiger partial charge in [0.25, 0.3) is 0 Å². The van der Waals surface area contributed by atoms with Gasteiger partial charge in [-0.25, -0.2) is 0 Å². The molecule has 38 valence electrons. The third-order valence-corrected chi connectivity index (χ3v) is 2.55. The molecule has 0 atom stereocenters. The molecular weight excluding hydrogens is 152 g/mol. The molecule has 0 fully saturated rings. The highest BCUT2D eigenvalue weighted by atomic mass is 35.5. The van der Waals surface area contributed by atoms with E-state index in [1.54, 1.807) is 0 Å². The van der Waals surface area contributed by atoms with E-state index in [1.807, 2.05) is 0 Å². The Hall–Kier alpha value is 0.0700. The molecule has 0 saturated heterocycles. The van der Waals surface area contributed by atoms with E-state index in [2.05, 4.69) is 4.37 Å². The Labute approximate surface area is 52.5 Å². The first-order chi connectivity index (χ1) is 3.30. The van der Waals surface area contributed by atoms with Crippen molar-refractivity contribution in [1.82, 2.24) is 4.37 Å². The van der Waals surface area contributed by atoms with Crippen molar-refractivity contribution in [3.05, 3.63) is 9.82 Å². The Kier molecular flexibility index (Phi) is 1.41. The first-order valence-electron chi connectivity index (χ1n) is 1.47. The minimum absolute atomic E-state index is 0.315. The van der Waals surface area contributed by atoms with Gasteiger partial charge >= 0.3 is 0 Å². The van der Waals surface area contributed by atoms with Crippen LogP contribution in [-0.2, 0) is 0 Å². The van der Waals surface area contributed by atoms with Crippen LogP contribution in [0.4, 0.5) is 0 Å². The van der Waals surface area contributed by atoms with E-state index in [-0.39, 0.29) is 0 Å². The van der Waals surface area contributed by atoms with Gasteiger partial charge in [-0.15, -0.1) is 0 Å². The third-order valence-electron chi connectivity index (χ3n) is 0.425. The van der Waals surface area contributed by atoms with Crippen LogP contribution in [0.15, 0.2) is 0 Å². The molecule has 0 aromatic carbocycles. The van der Waals surface area contributed by atoms with Gasteiger partial charge in [-0.1, -0.05) is 11.6 Å². The van der Waals surface area contributed by atoms with Crippen LogP contribution in [0.25, 0.3) is 0 Å². The Morgan fingerprint density at radius 3 is 2.57 bits per heavy atom. The molecule has 0 radical (unpaired) electrons. The Morgan fingerprint density at radius 1 is 1.71 bits per heavy atom. The van der Waals surface area contributed by atoms with Gasteiger partial charge < -0.3 is 0 Å². The Bertz CT molecular complexity index is 201. The molecule has 1 aromatic rings. The quantitative estimate of drug-likeness (QED) is 0.560. The van der Waals surface area contributed by atoms with Crippen molar-refractivity contribution < 1.29 is 0 Å². The predicted molar refractivity (Wildman–Crippen MR) is 30.9 cm³/mol. The smallest absolute Gasteiger partial charge is 0.178 e. The third kappa shape index (κ3) is 0.992. The summed E-state index contributed by atoms with van der Waals surface area (Å²) in [5.74, 6) is 0. The monoisotopic (exact) mass is 152 g/mol. The van der Waals surface area contributed by atoms with Crippen molar-refractivity contribution in [3.8, 4) is 0 Å². The molecule has 7 heavy (non-hydrogen) atoms. The number of aromatic nitrogens is 1. The number of hydrogen-bond donors (Lipinski definition) is 1. The van der Waals surface area contributed by atoms with Crippen molar-refractivity contribution in [2.24, 2.45) is 0 Å². The number of rotatable bonds is 0. The second kappa shape index (κ2) is 1.90. The molecule has 0 amide bonds. The molecule has 1 aromatic heterocycles. The fourth-order valence-corrected chi connectivity index (χ4v) is 1.88. The maximum absolute atomic E-state index is 6.93. The molecule has 1 heterocycles. The maximum atomic E-state index is 6.93. The molecule has 1 N–H and O–H groups in total. The van der Waals surface area contributed by atoms with Crippen LogP contribution < -0.4 is 4.67 Å². The molecule has 0 saturated carbocycles. The average molecular weight is 153 g/mol. The van der Waals surface area contributed by atoms with E-state index >= 15 is 0 Å². The number of nitrogens with one attached hydrogen (secondary N) is 1. The summed E-state index contributed by atoms with van der Waals surface area (Å²) in [6, 6.07) is 0. The maximum Gasteiger partial charge on any atom is 0.178 e. The van der Waals surface area contributed by atoms with Crippen molar-refractivity contribution in [3.63, 3.8) is 0 Å². The topological polar surface area (TPSA) is 36.7 Å². The van der Waals surface area contributed by atoms with E-state index in [9.17, 15) is 0 Å². The van der Waals surface area contributed by atoms with Crippen LogP contribution in [0, 0.1) is 5.41 Å². The normalized spacial score (nSPS) is 9.29. The second-order valence-electron chi connectivity index (χ2n) is 0.869. The number of halogens is 1. The standard InChI is InChI=1S/C2HClN2S2/c3-1-2(4)6-7-5-1/h4H. The summed E-state index contributed by atoms with van der Waals surface area (Å²) in [6.07, 6.45) is 0. The van der Waals surface area contributed by atoms with Gasteiger partial charge in [-0.05, 0) is 10.3 Å². The van der Waals surface area contributed by atoms with Gasteiger partial charge in [-0.3, -0.25) is 5.41 Å². The van der Waals surface area contributed by atoms with E-state index < -0.39 is 0 Å². The Balaban J connectivity index is 3.39. The highest BCUT2D eigenvalue weighted by Gasteiger charge is 1.89. The highest BCUT2D eigenvalue weighted by molar-refractivity contribution is 7.66. The zero-order valence-corrected chi connectivity index (χ0v) is 5.53. The largest absolute Gasteiger partial charge is 0.287 e. The van der Waals surface area contributed by atoms with Crippen LogP contribution in [0.1, 0.15) is 0 Å². The zero-order valence-electron chi connectivity index (χ0n) is 3.14. The summed E-state index contributed by atoms with van der Waals surface area (Å²) >= 11 is 5.35. The summed E-state index contributed by atoms with van der Waals surface area (Å²) in [4.78, 5) is 0. The highest BCUT2D eigenvalue weighted by Crippen LogP contribution is 2.02. The fourth-order valence-electron chi connectivity index (χ4n) is 0.164. The van der Waals surface area contributed by atoms with Crippen LogP contribution in [-0.4, -0.2) is 4.37 Å². The molecule has 2 nitrogen and oxygen atoms in total. The van der Waals surface area contributed by atoms with E-state index in [1.165, 1.54) is 20.9 Å². The van der Waals surface area contributed by atoms with Gasteiger partial charge in [-0.2, -0.15) is 4.37 Å². The van der Waals surface area contributed by atoms with Crippen molar-refractivity contribution in [1.29, 1.82) is 5.41 Å². The van der Waals surface area contributed by atoms with E-state index in [0.29, 0.717) is 9.82 Å². The van der Waals surface area contributed by atoms with Crippen molar-refractivity contribution >= 4 is 32.5 Å². The lowest BCUT2D eigenvalue weighted by atomic mass is 11.0. The lowest BCUT2D eigenvalue weighted by Gasteiger charge is -1.62. The average Bonchev–Trinajstić information content (AvgIpc) is 1.91. The minimum atomic E-state index is 0.315.